The van der Waals surface area contributed by atoms with Gasteiger partial charge in [0.1, 0.15) is 5.82 Å². The Morgan fingerprint density at radius 2 is 2.22 bits per heavy atom. The molecule has 0 spiro atoms. The van der Waals surface area contributed by atoms with Crippen LogP contribution >= 0.6 is 22.9 Å². The zero-order chi connectivity index (χ0) is 16.2. The Kier molecular flexibility index (Phi) is 5.35. The Hall–Kier alpha value is -1.37. The number of amides is 1. The molecule has 2 aromatic heterocycles. The highest BCUT2D eigenvalue weighted by atomic mass is 35.5. The van der Waals surface area contributed by atoms with Crippen LogP contribution in [0.5, 0.6) is 0 Å². The average Bonchev–Trinajstić information content (AvgIpc) is 3.21. The van der Waals surface area contributed by atoms with Crippen molar-refractivity contribution < 1.29 is 9.53 Å². The Labute approximate surface area is 144 Å². The number of carbonyl (C=O) groups is 1. The second kappa shape index (κ2) is 7.47. The minimum atomic E-state index is 0.0862. The molecule has 0 atom stereocenters. The number of hydrogen-bond donors (Lipinski definition) is 0. The summed E-state index contributed by atoms with van der Waals surface area (Å²) in [6.45, 7) is 3.02. The minimum absolute atomic E-state index is 0.0862. The van der Waals surface area contributed by atoms with Crippen molar-refractivity contribution in [2.24, 2.45) is 0 Å². The summed E-state index contributed by atoms with van der Waals surface area (Å²) in [5, 5.41) is 0. The first-order valence-corrected chi connectivity index (χ1v) is 8.93. The van der Waals surface area contributed by atoms with Crippen LogP contribution in [0, 0.1) is 0 Å². The van der Waals surface area contributed by atoms with E-state index in [-0.39, 0.29) is 5.91 Å². The molecule has 5 nitrogen and oxygen atoms in total. The zero-order valence-electron chi connectivity index (χ0n) is 13.1. The second-order valence-corrected chi connectivity index (χ2v) is 7.36. The summed E-state index contributed by atoms with van der Waals surface area (Å²) < 4.78 is 7.96. The molecule has 0 aromatic carbocycles. The van der Waals surface area contributed by atoms with E-state index >= 15 is 0 Å². The largest absolute Gasteiger partial charge is 0.383 e. The highest BCUT2D eigenvalue weighted by Gasteiger charge is 2.27. The molecule has 0 radical (unpaired) electrons. The number of piperidine rings is 1. The van der Waals surface area contributed by atoms with Crippen LogP contribution in [0.2, 0.25) is 4.34 Å². The predicted molar refractivity (Wildman–Crippen MR) is 91.3 cm³/mol. The topological polar surface area (TPSA) is 47.4 Å². The molecule has 3 rings (SSSR count). The van der Waals surface area contributed by atoms with E-state index in [1.165, 1.54) is 11.3 Å². The number of aromatic nitrogens is 2. The van der Waals surface area contributed by atoms with Gasteiger partial charge in [0.15, 0.2) is 0 Å². The van der Waals surface area contributed by atoms with Crippen LogP contribution in [0.1, 0.15) is 34.3 Å². The van der Waals surface area contributed by atoms with Gasteiger partial charge in [0, 0.05) is 45.1 Å². The van der Waals surface area contributed by atoms with Crippen LogP contribution in [0.25, 0.3) is 0 Å². The SMILES string of the molecule is COCCn1ccnc1C1CCN(C(=O)c2ccc(Cl)s2)CC1. The van der Waals surface area contributed by atoms with E-state index in [4.69, 9.17) is 16.3 Å². The average molecular weight is 354 g/mol. The molecule has 1 saturated heterocycles. The van der Waals surface area contributed by atoms with E-state index in [0.29, 0.717) is 16.9 Å². The van der Waals surface area contributed by atoms with Gasteiger partial charge in [0.05, 0.1) is 15.8 Å². The summed E-state index contributed by atoms with van der Waals surface area (Å²) in [5.74, 6) is 1.59. The molecule has 0 aliphatic carbocycles. The van der Waals surface area contributed by atoms with Crippen LogP contribution in [-0.2, 0) is 11.3 Å². The zero-order valence-corrected chi connectivity index (χ0v) is 14.6. The predicted octanol–water partition coefficient (Wildman–Crippen LogP) is 3.26. The number of thiophene rings is 1. The fourth-order valence-corrected chi connectivity index (χ4v) is 4.00. The standard InChI is InChI=1S/C16H20ClN3O2S/c1-22-11-10-19-9-6-18-15(19)12-4-7-20(8-5-12)16(21)13-2-3-14(17)23-13/h2-3,6,9,12H,4-5,7-8,10-11H2,1H3. The quantitative estimate of drug-likeness (QED) is 0.828. The Morgan fingerprint density at radius 3 is 2.87 bits per heavy atom. The first-order chi connectivity index (χ1) is 11.2. The summed E-state index contributed by atoms with van der Waals surface area (Å²) in [6.07, 6.45) is 5.72. The van der Waals surface area contributed by atoms with Gasteiger partial charge in [-0.3, -0.25) is 4.79 Å². The van der Waals surface area contributed by atoms with Crippen LogP contribution in [0.15, 0.2) is 24.5 Å². The third-order valence-corrected chi connectivity index (χ3v) is 5.43. The number of hydrogen-bond acceptors (Lipinski definition) is 4. The minimum Gasteiger partial charge on any atom is -0.383 e. The smallest absolute Gasteiger partial charge is 0.263 e. The lowest BCUT2D eigenvalue weighted by Gasteiger charge is -2.31. The molecule has 1 aliphatic heterocycles. The molecular weight excluding hydrogens is 334 g/mol. The first kappa shape index (κ1) is 16.5. The maximum absolute atomic E-state index is 12.5. The number of nitrogens with zero attached hydrogens (tertiary/aromatic N) is 3. The molecule has 1 aliphatic rings. The van der Waals surface area contributed by atoms with Crippen molar-refractivity contribution in [1.29, 1.82) is 0 Å². The number of ether oxygens (including phenoxy) is 1. The number of halogens is 1. The molecule has 3 heterocycles. The fourth-order valence-electron chi connectivity index (χ4n) is 2.99. The van der Waals surface area contributed by atoms with Gasteiger partial charge in [-0.2, -0.15) is 0 Å². The molecule has 1 fully saturated rings. The van der Waals surface area contributed by atoms with Crippen molar-refractivity contribution in [3.8, 4) is 0 Å². The van der Waals surface area contributed by atoms with Gasteiger partial charge in [-0.15, -0.1) is 11.3 Å². The van der Waals surface area contributed by atoms with Crippen molar-refractivity contribution in [1.82, 2.24) is 14.5 Å². The lowest BCUT2D eigenvalue weighted by molar-refractivity contribution is 0.0715. The van der Waals surface area contributed by atoms with Crippen LogP contribution in [-0.4, -0.2) is 47.2 Å². The third-order valence-electron chi connectivity index (χ3n) is 4.22. The third kappa shape index (κ3) is 3.76. The van der Waals surface area contributed by atoms with Crippen molar-refractivity contribution in [3.05, 3.63) is 39.6 Å². The van der Waals surface area contributed by atoms with E-state index in [1.54, 1.807) is 19.2 Å². The van der Waals surface area contributed by atoms with Gasteiger partial charge in [-0.25, -0.2) is 4.98 Å². The molecular formula is C16H20ClN3O2S. The lowest BCUT2D eigenvalue weighted by Crippen LogP contribution is -2.38. The number of rotatable bonds is 5. The summed E-state index contributed by atoms with van der Waals surface area (Å²) in [5.41, 5.74) is 0. The van der Waals surface area contributed by atoms with E-state index in [9.17, 15) is 4.79 Å². The molecule has 1 amide bonds. The van der Waals surface area contributed by atoms with Crippen molar-refractivity contribution in [2.45, 2.75) is 25.3 Å². The lowest BCUT2D eigenvalue weighted by atomic mass is 9.95. The van der Waals surface area contributed by atoms with Crippen molar-refractivity contribution in [3.63, 3.8) is 0 Å². The Morgan fingerprint density at radius 1 is 1.43 bits per heavy atom. The second-order valence-electron chi connectivity index (χ2n) is 5.64. The van der Waals surface area contributed by atoms with Gasteiger partial charge < -0.3 is 14.2 Å². The first-order valence-electron chi connectivity index (χ1n) is 7.73. The molecule has 0 N–H and O–H groups in total. The van der Waals surface area contributed by atoms with E-state index < -0.39 is 0 Å². The molecule has 7 heteroatoms. The molecule has 0 bridgehead atoms. The maximum atomic E-state index is 12.5. The van der Waals surface area contributed by atoms with Gasteiger partial charge in [-0.05, 0) is 25.0 Å². The van der Waals surface area contributed by atoms with Crippen molar-refractivity contribution >= 4 is 28.8 Å². The fraction of sp³-hybridized carbons (Fsp3) is 0.500. The highest BCUT2D eigenvalue weighted by molar-refractivity contribution is 7.17. The normalized spacial score (nSPS) is 16.0. The number of imidazole rings is 1. The number of carbonyl (C=O) groups excluding carboxylic acids is 1. The molecule has 23 heavy (non-hydrogen) atoms. The van der Waals surface area contributed by atoms with Gasteiger partial charge in [0.2, 0.25) is 0 Å². The van der Waals surface area contributed by atoms with Gasteiger partial charge >= 0.3 is 0 Å². The van der Waals surface area contributed by atoms with E-state index in [0.717, 1.165) is 43.2 Å². The number of likely N-dealkylation sites (tertiary alicyclic amines) is 1. The van der Waals surface area contributed by atoms with Crippen LogP contribution in [0.4, 0.5) is 0 Å². The van der Waals surface area contributed by atoms with Crippen LogP contribution in [0.3, 0.4) is 0 Å². The molecule has 0 saturated carbocycles. The Bertz CT molecular complexity index is 662. The maximum Gasteiger partial charge on any atom is 0.263 e. The summed E-state index contributed by atoms with van der Waals surface area (Å²) in [4.78, 5) is 19.6. The van der Waals surface area contributed by atoms with Crippen LogP contribution < -0.4 is 0 Å². The molecule has 2 aromatic rings. The monoisotopic (exact) mass is 353 g/mol. The van der Waals surface area contributed by atoms with Gasteiger partial charge in [0.25, 0.3) is 5.91 Å². The van der Waals surface area contributed by atoms with Gasteiger partial charge in [-0.1, -0.05) is 11.6 Å². The highest BCUT2D eigenvalue weighted by Crippen LogP contribution is 2.29. The molecule has 124 valence electrons. The summed E-state index contributed by atoms with van der Waals surface area (Å²) in [6, 6.07) is 3.58. The van der Waals surface area contributed by atoms with E-state index in [1.807, 2.05) is 17.3 Å². The summed E-state index contributed by atoms with van der Waals surface area (Å²) >= 11 is 7.26. The summed E-state index contributed by atoms with van der Waals surface area (Å²) in [7, 11) is 1.71. The van der Waals surface area contributed by atoms with Crippen molar-refractivity contribution in [2.75, 3.05) is 26.8 Å². The van der Waals surface area contributed by atoms with E-state index in [2.05, 4.69) is 9.55 Å². The molecule has 0 unspecified atom stereocenters. The number of methoxy groups -OCH3 is 1. The Balaban J connectivity index is 1.60.